The Labute approximate surface area is 98.7 Å². The number of unbranched alkanes of at least 4 members (excludes halogenated alkanes) is 4. The third-order valence-electron chi connectivity index (χ3n) is 2.69. The van der Waals surface area contributed by atoms with Gasteiger partial charge in [-0.25, -0.2) is 4.98 Å². The zero-order valence-corrected chi connectivity index (χ0v) is 10.6. The van der Waals surface area contributed by atoms with E-state index in [-0.39, 0.29) is 0 Å². The van der Waals surface area contributed by atoms with Gasteiger partial charge in [0.2, 0.25) is 0 Å². The minimum absolute atomic E-state index is 0.919. The van der Waals surface area contributed by atoms with Gasteiger partial charge in [-0.2, -0.15) is 5.10 Å². The summed E-state index contributed by atoms with van der Waals surface area (Å²) in [7, 11) is 0. The molecule has 1 aromatic rings. The van der Waals surface area contributed by atoms with Gasteiger partial charge in [-0.05, 0) is 19.3 Å². The minimum atomic E-state index is 0.919. The summed E-state index contributed by atoms with van der Waals surface area (Å²) in [5.74, 6) is 0.919. The van der Waals surface area contributed by atoms with E-state index in [2.05, 4.69) is 29.0 Å². The van der Waals surface area contributed by atoms with Crippen molar-refractivity contribution in [2.45, 2.75) is 65.2 Å². The van der Waals surface area contributed by atoms with Crippen LogP contribution >= 0.6 is 0 Å². The molecule has 0 saturated heterocycles. The molecule has 1 heterocycles. The average Bonchev–Trinajstić information content (AvgIpc) is 2.30. The monoisotopic (exact) mass is 221 g/mol. The maximum absolute atomic E-state index is 4.54. The highest BCUT2D eigenvalue weighted by Crippen LogP contribution is 2.05. The lowest BCUT2D eigenvalue weighted by atomic mass is 10.1. The predicted molar refractivity (Wildman–Crippen MR) is 66.3 cm³/mol. The Bertz CT molecular complexity index is 261. The van der Waals surface area contributed by atoms with Crippen LogP contribution in [-0.4, -0.2) is 15.2 Å². The topological polar surface area (TPSA) is 38.7 Å². The molecule has 0 aliphatic carbocycles. The molecule has 0 radical (unpaired) electrons. The Kier molecular flexibility index (Phi) is 6.70. The fraction of sp³-hybridized carbons (Fsp3) is 0.769. The number of aromatic nitrogens is 3. The van der Waals surface area contributed by atoms with Gasteiger partial charge in [-0.3, -0.25) is 0 Å². The minimum Gasteiger partial charge on any atom is -0.234 e. The van der Waals surface area contributed by atoms with Gasteiger partial charge < -0.3 is 0 Å². The highest BCUT2D eigenvalue weighted by atomic mass is 15.1. The van der Waals surface area contributed by atoms with Crippen LogP contribution in [0, 0.1) is 0 Å². The van der Waals surface area contributed by atoms with Crippen LogP contribution in [-0.2, 0) is 12.8 Å². The molecule has 0 aliphatic heterocycles. The number of rotatable bonds is 8. The molecule has 0 atom stereocenters. The molecular weight excluding hydrogens is 198 g/mol. The smallest absolute Gasteiger partial charge is 0.151 e. The van der Waals surface area contributed by atoms with Gasteiger partial charge in [0.05, 0.1) is 11.9 Å². The summed E-state index contributed by atoms with van der Waals surface area (Å²) in [5, 5.41) is 8.11. The van der Waals surface area contributed by atoms with Crippen LogP contribution in [0.5, 0.6) is 0 Å². The molecule has 0 N–H and O–H groups in total. The molecule has 16 heavy (non-hydrogen) atoms. The average molecular weight is 221 g/mol. The first-order valence-electron chi connectivity index (χ1n) is 6.54. The third kappa shape index (κ3) is 5.19. The third-order valence-corrected chi connectivity index (χ3v) is 2.69. The second-order valence-corrected chi connectivity index (χ2v) is 4.28. The predicted octanol–water partition coefficient (Wildman–Crippen LogP) is 3.34. The van der Waals surface area contributed by atoms with E-state index in [4.69, 9.17) is 0 Å². The van der Waals surface area contributed by atoms with Crippen molar-refractivity contribution in [1.29, 1.82) is 0 Å². The van der Waals surface area contributed by atoms with E-state index in [0.29, 0.717) is 0 Å². The molecule has 3 heteroatoms. The molecule has 0 bridgehead atoms. The first-order valence-corrected chi connectivity index (χ1v) is 6.54. The second kappa shape index (κ2) is 8.20. The summed E-state index contributed by atoms with van der Waals surface area (Å²) >= 11 is 0. The highest BCUT2D eigenvalue weighted by Gasteiger charge is 2.00. The lowest BCUT2D eigenvalue weighted by Gasteiger charge is -2.02. The van der Waals surface area contributed by atoms with Crippen LogP contribution in [0.3, 0.4) is 0 Å². The molecular formula is C13H23N3. The lowest BCUT2D eigenvalue weighted by molar-refractivity contribution is 0.660. The van der Waals surface area contributed by atoms with E-state index in [0.717, 1.165) is 24.4 Å². The zero-order chi connectivity index (χ0) is 11.6. The van der Waals surface area contributed by atoms with Crippen molar-refractivity contribution < 1.29 is 0 Å². The largest absolute Gasteiger partial charge is 0.234 e. The number of hydrogen-bond donors (Lipinski definition) is 0. The van der Waals surface area contributed by atoms with Crippen LogP contribution in [0.15, 0.2) is 6.20 Å². The van der Waals surface area contributed by atoms with Gasteiger partial charge in [0, 0.05) is 6.42 Å². The molecule has 0 spiro atoms. The Morgan fingerprint density at radius 2 is 1.62 bits per heavy atom. The van der Waals surface area contributed by atoms with Gasteiger partial charge in [0.1, 0.15) is 0 Å². The molecule has 1 aromatic heterocycles. The van der Waals surface area contributed by atoms with Crippen LogP contribution in [0.1, 0.15) is 63.9 Å². The van der Waals surface area contributed by atoms with E-state index in [9.17, 15) is 0 Å². The summed E-state index contributed by atoms with van der Waals surface area (Å²) in [4.78, 5) is 4.54. The Morgan fingerprint density at radius 3 is 2.31 bits per heavy atom. The Hall–Kier alpha value is -0.990. The van der Waals surface area contributed by atoms with E-state index in [1.54, 1.807) is 6.20 Å². The maximum atomic E-state index is 4.54. The summed E-state index contributed by atoms with van der Waals surface area (Å²) in [6.45, 7) is 4.43. The number of nitrogens with zero attached hydrogens (tertiary/aromatic N) is 3. The summed E-state index contributed by atoms with van der Waals surface area (Å²) in [6, 6.07) is 0. The molecule has 0 aromatic carbocycles. The fourth-order valence-electron chi connectivity index (χ4n) is 1.69. The number of aryl methyl sites for hydroxylation is 2. The molecule has 90 valence electrons. The Morgan fingerprint density at radius 1 is 0.938 bits per heavy atom. The number of hydrogen-bond acceptors (Lipinski definition) is 3. The summed E-state index contributed by atoms with van der Waals surface area (Å²) < 4.78 is 0. The van der Waals surface area contributed by atoms with Crippen LogP contribution in [0.4, 0.5) is 0 Å². The van der Waals surface area contributed by atoms with E-state index < -0.39 is 0 Å². The molecule has 0 fully saturated rings. The fourth-order valence-corrected chi connectivity index (χ4v) is 1.69. The summed E-state index contributed by atoms with van der Waals surface area (Å²) in [6.07, 6.45) is 11.2. The van der Waals surface area contributed by atoms with Crippen molar-refractivity contribution in [3.05, 3.63) is 17.7 Å². The molecule has 0 saturated carbocycles. The van der Waals surface area contributed by atoms with Gasteiger partial charge in [0.25, 0.3) is 0 Å². The SMILES string of the molecule is CCCCCc1cnnc(CCCCC)n1. The van der Waals surface area contributed by atoms with Gasteiger partial charge in [0.15, 0.2) is 5.82 Å². The Balaban J connectivity index is 2.37. The normalized spacial score (nSPS) is 10.6. The van der Waals surface area contributed by atoms with Crippen molar-refractivity contribution >= 4 is 0 Å². The van der Waals surface area contributed by atoms with Crippen LogP contribution in [0.25, 0.3) is 0 Å². The molecule has 0 aliphatic rings. The van der Waals surface area contributed by atoms with Gasteiger partial charge >= 0.3 is 0 Å². The summed E-state index contributed by atoms with van der Waals surface area (Å²) in [5.41, 5.74) is 1.11. The second-order valence-electron chi connectivity index (χ2n) is 4.28. The van der Waals surface area contributed by atoms with Crippen molar-refractivity contribution in [3.8, 4) is 0 Å². The first-order chi connectivity index (χ1) is 7.86. The van der Waals surface area contributed by atoms with E-state index >= 15 is 0 Å². The van der Waals surface area contributed by atoms with E-state index in [1.807, 2.05) is 0 Å². The highest BCUT2D eigenvalue weighted by molar-refractivity contribution is 4.96. The van der Waals surface area contributed by atoms with Crippen molar-refractivity contribution in [2.75, 3.05) is 0 Å². The van der Waals surface area contributed by atoms with Crippen molar-refractivity contribution in [2.24, 2.45) is 0 Å². The lowest BCUT2D eigenvalue weighted by Crippen LogP contribution is -2.02. The van der Waals surface area contributed by atoms with Gasteiger partial charge in [-0.15, -0.1) is 5.10 Å². The van der Waals surface area contributed by atoms with E-state index in [1.165, 1.54) is 38.5 Å². The molecule has 0 amide bonds. The maximum Gasteiger partial charge on any atom is 0.151 e. The van der Waals surface area contributed by atoms with Crippen molar-refractivity contribution in [3.63, 3.8) is 0 Å². The standard InChI is InChI=1S/C13H23N3/c1-3-5-7-9-12-11-14-16-13(15-12)10-8-6-4-2/h11H,3-10H2,1-2H3. The van der Waals surface area contributed by atoms with Crippen LogP contribution in [0.2, 0.25) is 0 Å². The molecule has 1 rings (SSSR count). The quantitative estimate of drug-likeness (QED) is 0.632. The first kappa shape index (κ1) is 13.1. The van der Waals surface area contributed by atoms with Gasteiger partial charge in [-0.1, -0.05) is 39.5 Å². The van der Waals surface area contributed by atoms with Crippen molar-refractivity contribution in [1.82, 2.24) is 15.2 Å². The molecule has 0 unspecified atom stereocenters. The molecule has 3 nitrogen and oxygen atoms in total. The zero-order valence-electron chi connectivity index (χ0n) is 10.6. The van der Waals surface area contributed by atoms with Crippen LogP contribution < -0.4 is 0 Å².